The Labute approximate surface area is 213 Å². The number of esters is 1. The number of nitrogens with zero attached hydrogens (tertiary/aromatic N) is 1. The summed E-state index contributed by atoms with van der Waals surface area (Å²) < 4.78 is 20.6. The van der Waals surface area contributed by atoms with Crippen LogP contribution in [-0.4, -0.2) is 51.2 Å². The van der Waals surface area contributed by atoms with Crippen LogP contribution in [0.4, 0.5) is 5.69 Å². The zero-order valence-electron chi connectivity index (χ0n) is 20.7. The number of ketones is 1. The number of hydrogen-bond acceptors (Lipinski definition) is 8. The molecule has 1 aliphatic heterocycles. The molecule has 3 aromatic rings. The predicted octanol–water partition coefficient (Wildman–Crippen LogP) is 4.13. The lowest BCUT2D eigenvalue weighted by molar-refractivity contribution is -0.132. The number of aliphatic hydroxyl groups is 1. The summed E-state index contributed by atoms with van der Waals surface area (Å²) in [4.78, 5) is 39.8. The van der Waals surface area contributed by atoms with Crippen LogP contribution in [0.25, 0.3) is 5.76 Å². The van der Waals surface area contributed by atoms with Crippen LogP contribution in [0, 0.1) is 0 Å². The molecule has 3 aromatic carbocycles. The van der Waals surface area contributed by atoms with Crippen molar-refractivity contribution < 1.29 is 38.4 Å². The van der Waals surface area contributed by atoms with Crippen molar-refractivity contribution in [1.82, 2.24) is 0 Å². The van der Waals surface area contributed by atoms with Crippen molar-refractivity contribution in [1.29, 1.82) is 0 Å². The number of anilines is 1. The molecular formula is C28H25NO8. The fraction of sp³-hybridized carbons (Fsp3) is 0.179. The second-order valence-electron chi connectivity index (χ2n) is 8.05. The number of ether oxygens (including phenoxy) is 4. The topological polar surface area (TPSA) is 112 Å². The number of carbonyl (C=O) groups is 3. The molecule has 0 spiro atoms. The molecule has 190 valence electrons. The first kappa shape index (κ1) is 25.3. The summed E-state index contributed by atoms with van der Waals surface area (Å²) in [7, 11) is 5.74. The minimum atomic E-state index is -0.956. The Morgan fingerprint density at radius 2 is 1.41 bits per heavy atom. The van der Waals surface area contributed by atoms with E-state index in [4.69, 9.17) is 18.9 Å². The first-order valence-electron chi connectivity index (χ1n) is 11.2. The van der Waals surface area contributed by atoms with Gasteiger partial charge in [0.1, 0.15) is 11.5 Å². The molecule has 1 unspecified atom stereocenters. The zero-order chi connectivity index (χ0) is 26.7. The van der Waals surface area contributed by atoms with Crippen LogP contribution in [0.1, 0.15) is 27.5 Å². The largest absolute Gasteiger partial charge is 0.507 e. The van der Waals surface area contributed by atoms with Crippen LogP contribution in [0.2, 0.25) is 0 Å². The van der Waals surface area contributed by atoms with Gasteiger partial charge in [0.2, 0.25) is 0 Å². The Morgan fingerprint density at radius 1 is 0.784 bits per heavy atom. The van der Waals surface area contributed by atoms with E-state index < -0.39 is 23.7 Å². The molecule has 9 nitrogen and oxygen atoms in total. The quantitative estimate of drug-likeness (QED) is 0.222. The Morgan fingerprint density at radius 3 is 1.97 bits per heavy atom. The molecule has 1 aliphatic rings. The Bertz CT molecular complexity index is 1380. The van der Waals surface area contributed by atoms with Gasteiger partial charge >= 0.3 is 5.97 Å². The summed E-state index contributed by atoms with van der Waals surface area (Å²) in [6.45, 7) is 0. The van der Waals surface area contributed by atoms with E-state index in [9.17, 15) is 19.5 Å². The normalized spacial score (nSPS) is 16.4. The fourth-order valence-electron chi connectivity index (χ4n) is 4.22. The van der Waals surface area contributed by atoms with Crippen LogP contribution >= 0.6 is 0 Å². The van der Waals surface area contributed by atoms with E-state index in [2.05, 4.69) is 0 Å². The number of methoxy groups -OCH3 is 4. The summed E-state index contributed by atoms with van der Waals surface area (Å²) in [5.41, 5.74) is 1.39. The third-order valence-electron chi connectivity index (χ3n) is 6.10. The van der Waals surface area contributed by atoms with Gasteiger partial charge in [0, 0.05) is 11.3 Å². The van der Waals surface area contributed by atoms with Crippen molar-refractivity contribution in [2.45, 2.75) is 6.04 Å². The Hall–Kier alpha value is -4.79. The molecule has 1 N–H and O–H groups in total. The summed E-state index contributed by atoms with van der Waals surface area (Å²) >= 11 is 0. The number of amides is 1. The minimum Gasteiger partial charge on any atom is -0.507 e. The third kappa shape index (κ3) is 4.58. The molecule has 0 bridgehead atoms. The number of Topliss-reactive ketones (excluding diaryl/α,β-unsaturated/α-hetero) is 1. The van der Waals surface area contributed by atoms with Gasteiger partial charge in [0.05, 0.1) is 45.6 Å². The van der Waals surface area contributed by atoms with Gasteiger partial charge in [-0.25, -0.2) is 4.79 Å². The van der Waals surface area contributed by atoms with Crippen molar-refractivity contribution in [3.63, 3.8) is 0 Å². The number of hydrogen-bond donors (Lipinski definition) is 1. The van der Waals surface area contributed by atoms with Gasteiger partial charge in [-0.2, -0.15) is 0 Å². The highest BCUT2D eigenvalue weighted by Crippen LogP contribution is 2.43. The highest BCUT2D eigenvalue weighted by molar-refractivity contribution is 6.51. The predicted molar refractivity (Wildman–Crippen MR) is 135 cm³/mol. The highest BCUT2D eigenvalue weighted by Gasteiger charge is 2.47. The lowest BCUT2D eigenvalue weighted by Crippen LogP contribution is -2.29. The molecule has 1 atom stereocenters. The lowest BCUT2D eigenvalue weighted by atomic mass is 9.95. The molecule has 37 heavy (non-hydrogen) atoms. The van der Waals surface area contributed by atoms with E-state index in [0.717, 1.165) is 0 Å². The zero-order valence-corrected chi connectivity index (χ0v) is 20.7. The Kier molecular flexibility index (Phi) is 7.15. The molecule has 1 heterocycles. The fourth-order valence-corrected chi connectivity index (χ4v) is 4.22. The van der Waals surface area contributed by atoms with Gasteiger partial charge in [0.15, 0.2) is 11.5 Å². The van der Waals surface area contributed by atoms with E-state index in [1.165, 1.54) is 51.5 Å². The second kappa shape index (κ2) is 10.4. The maximum atomic E-state index is 13.3. The minimum absolute atomic E-state index is 0.0977. The SMILES string of the molecule is COC(=O)c1ccc(N2C(=O)C(=O)/C(=C(\O)c3ccc(OC)c(OC)c3)C2c2ccc(OC)cc2)cc1. The summed E-state index contributed by atoms with van der Waals surface area (Å²) in [5, 5.41) is 11.3. The molecule has 0 radical (unpaired) electrons. The smallest absolute Gasteiger partial charge is 0.337 e. The molecule has 1 saturated heterocycles. The second-order valence-corrected chi connectivity index (χ2v) is 8.05. The molecule has 9 heteroatoms. The number of benzene rings is 3. The maximum Gasteiger partial charge on any atom is 0.337 e. The average molecular weight is 504 g/mol. The van der Waals surface area contributed by atoms with E-state index in [1.54, 1.807) is 48.5 Å². The highest BCUT2D eigenvalue weighted by atomic mass is 16.5. The van der Waals surface area contributed by atoms with Gasteiger partial charge in [0.25, 0.3) is 11.7 Å². The van der Waals surface area contributed by atoms with Crippen LogP contribution in [0.5, 0.6) is 17.2 Å². The molecule has 4 rings (SSSR count). The number of rotatable bonds is 7. The molecular weight excluding hydrogens is 478 g/mol. The van der Waals surface area contributed by atoms with E-state index in [0.29, 0.717) is 28.5 Å². The Balaban J connectivity index is 1.90. The van der Waals surface area contributed by atoms with Crippen molar-refractivity contribution in [2.24, 2.45) is 0 Å². The van der Waals surface area contributed by atoms with Crippen LogP contribution < -0.4 is 19.1 Å². The standard InChI is InChI=1S/C28H25NO8/c1-34-20-12-7-16(8-13-20)24-23(25(30)18-9-14-21(35-2)22(15-18)36-3)26(31)27(32)29(24)19-10-5-17(6-11-19)28(33)37-4/h5-15,24,30H,1-4H3/b25-23-. The van der Waals surface area contributed by atoms with Gasteiger partial charge in [-0.15, -0.1) is 0 Å². The summed E-state index contributed by atoms with van der Waals surface area (Å²) in [5.74, 6) is -1.21. The molecule has 1 fully saturated rings. The molecule has 0 aliphatic carbocycles. The van der Waals surface area contributed by atoms with Gasteiger partial charge in [-0.3, -0.25) is 14.5 Å². The van der Waals surface area contributed by atoms with Crippen LogP contribution in [0.3, 0.4) is 0 Å². The van der Waals surface area contributed by atoms with E-state index in [1.807, 2.05) is 0 Å². The molecule has 0 saturated carbocycles. The van der Waals surface area contributed by atoms with Gasteiger partial charge < -0.3 is 24.1 Å². The summed E-state index contributed by atoms with van der Waals surface area (Å²) in [6.07, 6.45) is 0. The van der Waals surface area contributed by atoms with Crippen LogP contribution in [0.15, 0.2) is 72.3 Å². The third-order valence-corrected chi connectivity index (χ3v) is 6.10. The van der Waals surface area contributed by atoms with Gasteiger partial charge in [-0.05, 0) is 60.2 Å². The number of carbonyl (C=O) groups excluding carboxylic acids is 3. The van der Waals surface area contributed by atoms with Crippen LogP contribution in [-0.2, 0) is 14.3 Å². The van der Waals surface area contributed by atoms with Crippen molar-refractivity contribution >= 4 is 29.1 Å². The van der Waals surface area contributed by atoms with Crippen molar-refractivity contribution in [2.75, 3.05) is 33.3 Å². The molecule has 0 aromatic heterocycles. The lowest BCUT2D eigenvalue weighted by Gasteiger charge is -2.25. The van der Waals surface area contributed by atoms with E-state index in [-0.39, 0.29) is 22.5 Å². The van der Waals surface area contributed by atoms with Crippen molar-refractivity contribution in [3.05, 3.63) is 89.0 Å². The van der Waals surface area contributed by atoms with Gasteiger partial charge in [-0.1, -0.05) is 12.1 Å². The van der Waals surface area contributed by atoms with Crippen molar-refractivity contribution in [3.8, 4) is 17.2 Å². The van der Waals surface area contributed by atoms with E-state index >= 15 is 0 Å². The average Bonchev–Trinajstić information content (AvgIpc) is 3.21. The first-order valence-corrected chi connectivity index (χ1v) is 11.2. The molecule has 1 amide bonds. The monoisotopic (exact) mass is 503 g/mol. The number of aliphatic hydroxyl groups excluding tert-OH is 1. The first-order chi connectivity index (χ1) is 17.8. The maximum absolute atomic E-state index is 13.3. The summed E-state index contributed by atoms with van der Waals surface area (Å²) in [6, 6.07) is 16.7.